The van der Waals surface area contributed by atoms with E-state index in [1.165, 1.54) is 4.90 Å². The molecule has 3 saturated heterocycles. The monoisotopic (exact) mass is 585 g/mol. The molecule has 1 aromatic heterocycles. The van der Waals surface area contributed by atoms with Crippen LogP contribution in [-0.4, -0.2) is 85.2 Å². The highest BCUT2D eigenvalue weighted by atomic mass is 16.6. The predicted molar refractivity (Wildman–Crippen MR) is 156 cm³/mol. The number of hydrogen-bond donors (Lipinski definition) is 1. The number of aliphatic hydroxyl groups excluding tert-OH is 1. The maximum absolute atomic E-state index is 14.8. The van der Waals surface area contributed by atoms with E-state index in [1.807, 2.05) is 54.6 Å². The van der Waals surface area contributed by atoms with Crippen LogP contribution in [0.2, 0.25) is 0 Å². The maximum atomic E-state index is 14.8. The summed E-state index contributed by atoms with van der Waals surface area (Å²) in [5.74, 6) is -3.08. The highest BCUT2D eigenvalue weighted by molar-refractivity contribution is 5.98. The molecule has 0 radical (unpaired) electrons. The first-order valence-electron chi connectivity index (χ1n) is 14.6. The molecule has 11 heteroatoms. The lowest BCUT2D eigenvalue weighted by atomic mass is 9.70. The molecule has 2 bridgehead atoms. The van der Waals surface area contributed by atoms with Crippen LogP contribution < -0.4 is 0 Å². The van der Waals surface area contributed by atoms with Crippen LogP contribution in [0.1, 0.15) is 30.9 Å². The summed E-state index contributed by atoms with van der Waals surface area (Å²) in [7, 11) is 0. The van der Waals surface area contributed by atoms with Gasteiger partial charge >= 0.3 is 5.97 Å². The lowest BCUT2D eigenvalue weighted by Crippen LogP contribution is -2.57. The Kier molecular flexibility index (Phi) is 7.85. The van der Waals surface area contributed by atoms with E-state index in [4.69, 9.17) is 9.47 Å². The van der Waals surface area contributed by atoms with Crippen molar-refractivity contribution in [2.75, 3.05) is 19.8 Å². The molecule has 2 amide bonds. The van der Waals surface area contributed by atoms with Crippen LogP contribution in [-0.2, 0) is 30.5 Å². The molecule has 3 aliphatic rings. The zero-order chi connectivity index (χ0) is 30.1. The minimum atomic E-state index is -1.26. The number of fused-ring (bicyclic) bond motifs is 2. The second-order valence-electron chi connectivity index (χ2n) is 11.2. The van der Waals surface area contributed by atoms with E-state index in [0.29, 0.717) is 30.3 Å². The van der Waals surface area contributed by atoms with Gasteiger partial charge in [-0.2, -0.15) is 0 Å². The van der Waals surface area contributed by atoms with Crippen LogP contribution in [0.4, 0.5) is 0 Å². The third-order valence-corrected chi connectivity index (χ3v) is 8.89. The van der Waals surface area contributed by atoms with Gasteiger partial charge in [-0.15, -0.1) is 18.3 Å². The van der Waals surface area contributed by atoms with Crippen molar-refractivity contribution in [2.24, 2.45) is 11.8 Å². The summed E-state index contributed by atoms with van der Waals surface area (Å²) < 4.78 is 13.7. The Morgan fingerprint density at radius 3 is 2.67 bits per heavy atom. The SMILES string of the molecule is C=CCCOC(=O)[C@@H]1[C@H]2C(=O)N([C@H](CO)c3ccccc3)C(C(=O)N(CC=C)Cn3nnc4ccccc43)C23CC[C@H]1O3. The van der Waals surface area contributed by atoms with Crippen molar-refractivity contribution in [3.63, 3.8) is 0 Å². The van der Waals surface area contributed by atoms with Crippen molar-refractivity contribution in [3.05, 3.63) is 85.5 Å². The molecule has 43 heavy (non-hydrogen) atoms. The molecule has 1 N–H and O–H groups in total. The normalized spacial score (nSPS) is 26.3. The average molecular weight is 586 g/mol. The Hall–Kier alpha value is -4.35. The molecule has 3 fully saturated rings. The summed E-state index contributed by atoms with van der Waals surface area (Å²) in [4.78, 5) is 45.6. The first-order valence-corrected chi connectivity index (χ1v) is 14.6. The zero-order valence-corrected chi connectivity index (χ0v) is 23.8. The van der Waals surface area contributed by atoms with Crippen molar-refractivity contribution in [3.8, 4) is 0 Å². The van der Waals surface area contributed by atoms with Gasteiger partial charge in [0.2, 0.25) is 11.8 Å². The lowest BCUT2D eigenvalue weighted by Gasteiger charge is -2.39. The number of carbonyl (C=O) groups excluding carboxylic acids is 3. The number of benzene rings is 2. The highest BCUT2D eigenvalue weighted by Gasteiger charge is 2.75. The van der Waals surface area contributed by atoms with E-state index < -0.39 is 54.1 Å². The first kappa shape index (κ1) is 28.8. The standard InChI is InChI=1S/C32H35N5O6/c1-3-5-18-42-31(41)26-25-15-16-32(43-25)27(26)29(39)37(24(19-38)21-11-7-6-8-12-21)28(32)30(40)35(17-4-2)20-36-23-14-10-9-13-22(23)33-34-36/h3-4,6-14,24-28,38H,1-2,5,15-20H2/t24-,25-,26+,27+,28?,32?/m1/s1. The van der Waals surface area contributed by atoms with Crippen molar-refractivity contribution in [1.82, 2.24) is 24.8 Å². The van der Waals surface area contributed by atoms with Gasteiger partial charge in [0.05, 0.1) is 42.7 Å². The van der Waals surface area contributed by atoms with Crippen LogP contribution in [0, 0.1) is 11.8 Å². The first-order chi connectivity index (χ1) is 20.9. The van der Waals surface area contributed by atoms with Crippen LogP contribution in [0.25, 0.3) is 11.0 Å². The van der Waals surface area contributed by atoms with Crippen molar-refractivity contribution >= 4 is 28.8 Å². The molecule has 2 unspecified atom stereocenters. The lowest BCUT2D eigenvalue weighted by molar-refractivity contribution is -0.157. The Morgan fingerprint density at radius 1 is 1.16 bits per heavy atom. The van der Waals surface area contributed by atoms with Gasteiger partial charge in [-0.3, -0.25) is 14.4 Å². The summed E-state index contributed by atoms with van der Waals surface area (Å²) in [6, 6.07) is 14.6. The van der Waals surface area contributed by atoms with Crippen molar-refractivity contribution in [1.29, 1.82) is 0 Å². The van der Waals surface area contributed by atoms with E-state index in [1.54, 1.807) is 21.7 Å². The molecule has 0 aliphatic carbocycles. The minimum absolute atomic E-state index is 0.0518. The topological polar surface area (TPSA) is 127 Å². The zero-order valence-electron chi connectivity index (χ0n) is 23.8. The summed E-state index contributed by atoms with van der Waals surface area (Å²) in [5.41, 5.74) is 0.847. The number of amides is 2. The third kappa shape index (κ3) is 4.72. The fraction of sp³-hybridized carbons (Fsp3) is 0.406. The fourth-order valence-electron chi connectivity index (χ4n) is 7.07. The number of aromatic nitrogens is 3. The van der Waals surface area contributed by atoms with Gasteiger partial charge in [-0.25, -0.2) is 4.68 Å². The van der Waals surface area contributed by atoms with Crippen LogP contribution >= 0.6 is 0 Å². The quantitative estimate of drug-likeness (QED) is 0.195. The summed E-state index contributed by atoms with van der Waals surface area (Å²) in [6.45, 7) is 7.47. The molecule has 3 aliphatic heterocycles. The van der Waals surface area contributed by atoms with E-state index in [2.05, 4.69) is 23.5 Å². The van der Waals surface area contributed by atoms with Gasteiger partial charge in [-0.1, -0.05) is 59.8 Å². The average Bonchev–Trinajstić information content (AvgIpc) is 3.78. The molecule has 3 aromatic rings. The number of likely N-dealkylation sites (tertiary alicyclic amines) is 1. The molecule has 4 heterocycles. The van der Waals surface area contributed by atoms with Crippen molar-refractivity contribution in [2.45, 2.75) is 49.7 Å². The van der Waals surface area contributed by atoms with Crippen LogP contribution in [0.15, 0.2) is 79.9 Å². The number of nitrogens with zero attached hydrogens (tertiary/aromatic N) is 5. The summed E-state index contributed by atoms with van der Waals surface area (Å²) >= 11 is 0. The number of carbonyl (C=O) groups is 3. The van der Waals surface area contributed by atoms with E-state index in [0.717, 1.165) is 5.52 Å². The molecule has 1 spiro atoms. The smallest absolute Gasteiger partial charge is 0.312 e. The molecule has 2 aromatic carbocycles. The Balaban J connectivity index is 1.41. The van der Waals surface area contributed by atoms with Crippen molar-refractivity contribution < 1.29 is 29.0 Å². The van der Waals surface area contributed by atoms with E-state index >= 15 is 0 Å². The third-order valence-electron chi connectivity index (χ3n) is 8.89. The molecule has 6 rings (SSSR count). The maximum Gasteiger partial charge on any atom is 0.312 e. The minimum Gasteiger partial charge on any atom is -0.465 e. The Morgan fingerprint density at radius 2 is 1.93 bits per heavy atom. The van der Waals surface area contributed by atoms with E-state index in [-0.39, 0.29) is 25.7 Å². The number of ether oxygens (including phenoxy) is 2. The van der Waals surface area contributed by atoms with Gasteiger partial charge in [0, 0.05) is 6.54 Å². The van der Waals surface area contributed by atoms with Gasteiger partial charge in [0.25, 0.3) is 0 Å². The molecule has 11 nitrogen and oxygen atoms in total. The largest absolute Gasteiger partial charge is 0.465 e. The number of rotatable bonds is 12. The number of aliphatic hydroxyl groups is 1. The number of para-hydroxylation sites is 1. The highest BCUT2D eigenvalue weighted by Crippen LogP contribution is 2.60. The van der Waals surface area contributed by atoms with Gasteiger partial charge < -0.3 is 24.4 Å². The molecule has 224 valence electrons. The summed E-state index contributed by atoms with van der Waals surface area (Å²) in [6.07, 6.45) is 4.13. The summed E-state index contributed by atoms with van der Waals surface area (Å²) in [5, 5.41) is 19.2. The Labute approximate surface area is 249 Å². The van der Waals surface area contributed by atoms with Crippen LogP contribution in [0.3, 0.4) is 0 Å². The molecular weight excluding hydrogens is 550 g/mol. The molecular formula is C32H35N5O6. The Bertz CT molecular complexity index is 1540. The van der Waals surface area contributed by atoms with E-state index in [9.17, 15) is 19.5 Å². The van der Waals surface area contributed by atoms with Crippen LogP contribution in [0.5, 0.6) is 0 Å². The molecule has 6 atom stereocenters. The number of esters is 1. The molecule has 0 saturated carbocycles. The number of hydrogen-bond acceptors (Lipinski definition) is 8. The second-order valence-corrected chi connectivity index (χ2v) is 11.2. The van der Waals surface area contributed by atoms with Gasteiger partial charge in [0.15, 0.2) is 0 Å². The second kappa shape index (κ2) is 11.7. The van der Waals surface area contributed by atoms with Gasteiger partial charge in [-0.05, 0) is 37.0 Å². The van der Waals surface area contributed by atoms with Gasteiger partial charge in [0.1, 0.15) is 23.8 Å². The predicted octanol–water partition coefficient (Wildman–Crippen LogP) is 2.63. The fourth-order valence-corrected chi connectivity index (χ4v) is 7.07.